The van der Waals surface area contributed by atoms with E-state index >= 15 is 0 Å². The number of benzene rings is 1. The molecule has 1 aliphatic rings. The monoisotopic (exact) mass is 233 g/mol. The second-order valence-electron chi connectivity index (χ2n) is 3.78. The van der Waals surface area contributed by atoms with Crippen LogP contribution in [0.4, 0.5) is 5.69 Å². The smallest absolute Gasteiger partial charge is 0.248 e. The fourth-order valence-corrected chi connectivity index (χ4v) is 1.32. The molecular formula is C13H15NO3. The number of anilines is 1. The molecule has 1 unspecified atom stereocenters. The molecule has 0 saturated carbocycles. The van der Waals surface area contributed by atoms with Gasteiger partial charge in [-0.3, -0.25) is 4.79 Å². The maximum Gasteiger partial charge on any atom is 0.248 e. The Kier molecular flexibility index (Phi) is 3.77. The lowest BCUT2D eigenvalue weighted by Crippen LogP contribution is -2.08. The van der Waals surface area contributed by atoms with E-state index in [0.717, 1.165) is 18.0 Å². The molecule has 1 aromatic carbocycles. The summed E-state index contributed by atoms with van der Waals surface area (Å²) < 4.78 is 10.5. The number of amides is 1. The molecule has 0 bridgehead atoms. The lowest BCUT2D eigenvalue weighted by molar-refractivity contribution is -0.111. The van der Waals surface area contributed by atoms with Crippen LogP contribution in [0.5, 0.6) is 5.75 Å². The zero-order chi connectivity index (χ0) is 12.1. The third kappa shape index (κ3) is 3.92. The van der Waals surface area contributed by atoms with E-state index in [4.69, 9.17) is 9.47 Å². The molecule has 0 radical (unpaired) electrons. The Balaban J connectivity index is 1.85. The predicted octanol–water partition coefficient (Wildman–Crippen LogP) is 1.98. The molecule has 0 aromatic heterocycles. The van der Waals surface area contributed by atoms with Crippen molar-refractivity contribution in [2.75, 3.05) is 18.5 Å². The summed E-state index contributed by atoms with van der Waals surface area (Å²) in [5, 5.41) is 2.74. The standard InChI is InChI=1S/C13H15NO3/c1-2-3-13(15)14-10-4-6-11(7-5-10)16-8-12-9-17-12/h2-7,12H,8-9H2,1H3,(H,14,15). The minimum absolute atomic E-state index is 0.132. The normalized spacial score (nSPS) is 18.1. The summed E-state index contributed by atoms with van der Waals surface area (Å²) >= 11 is 0. The number of rotatable bonds is 5. The van der Waals surface area contributed by atoms with E-state index in [1.807, 2.05) is 24.3 Å². The van der Waals surface area contributed by atoms with Crippen molar-refractivity contribution in [2.24, 2.45) is 0 Å². The average molecular weight is 233 g/mol. The van der Waals surface area contributed by atoms with E-state index in [0.29, 0.717) is 6.61 Å². The Labute approximate surface area is 100 Å². The van der Waals surface area contributed by atoms with Gasteiger partial charge in [-0.1, -0.05) is 6.08 Å². The van der Waals surface area contributed by atoms with Crippen molar-refractivity contribution in [1.29, 1.82) is 0 Å². The van der Waals surface area contributed by atoms with Gasteiger partial charge in [0.15, 0.2) is 0 Å². The van der Waals surface area contributed by atoms with Gasteiger partial charge in [0.25, 0.3) is 0 Å². The fourth-order valence-electron chi connectivity index (χ4n) is 1.32. The van der Waals surface area contributed by atoms with E-state index in [2.05, 4.69) is 5.32 Å². The molecule has 1 N–H and O–H groups in total. The molecule has 1 fully saturated rings. The highest BCUT2D eigenvalue weighted by Crippen LogP contribution is 2.17. The molecule has 2 rings (SSSR count). The van der Waals surface area contributed by atoms with Gasteiger partial charge in [0, 0.05) is 5.69 Å². The first kappa shape index (κ1) is 11.7. The lowest BCUT2D eigenvalue weighted by atomic mass is 10.3. The first-order valence-corrected chi connectivity index (χ1v) is 5.56. The third-order valence-electron chi connectivity index (χ3n) is 2.28. The highest BCUT2D eigenvalue weighted by molar-refractivity contribution is 5.99. The Morgan fingerprint density at radius 1 is 1.53 bits per heavy atom. The van der Waals surface area contributed by atoms with E-state index in [1.165, 1.54) is 6.08 Å². The molecule has 1 amide bonds. The number of carbonyl (C=O) groups excluding carboxylic acids is 1. The summed E-state index contributed by atoms with van der Waals surface area (Å²) in [7, 11) is 0. The maximum absolute atomic E-state index is 11.3. The Morgan fingerprint density at radius 3 is 2.82 bits per heavy atom. The first-order valence-electron chi connectivity index (χ1n) is 5.56. The van der Waals surface area contributed by atoms with E-state index in [1.54, 1.807) is 13.0 Å². The molecule has 0 aliphatic carbocycles. The van der Waals surface area contributed by atoms with Crippen molar-refractivity contribution in [2.45, 2.75) is 13.0 Å². The van der Waals surface area contributed by atoms with Crippen LogP contribution >= 0.6 is 0 Å². The van der Waals surface area contributed by atoms with Gasteiger partial charge in [0.05, 0.1) is 6.61 Å². The van der Waals surface area contributed by atoms with Gasteiger partial charge in [-0.2, -0.15) is 0 Å². The molecule has 4 heteroatoms. The topological polar surface area (TPSA) is 50.9 Å². The van der Waals surface area contributed by atoms with Gasteiger partial charge in [0.2, 0.25) is 5.91 Å². The molecular weight excluding hydrogens is 218 g/mol. The lowest BCUT2D eigenvalue weighted by Gasteiger charge is -2.06. The fraction of sp³-hybridized carbons (Fsp3) is 0.308. The molecule has 1 heterocycles. The Hall–Kier alpha value is -1.81. The maximum atomic E-state index is 11.3. The number of nitrogens with one attached hydrogen (secondary N) is 1. The van der Waals surface area contributed by atoms with Crippen LogP contribution in [0, 0.1) is 0 Å². The van der Waals surface area contributed by atoms with Crippen LogP contribution < -0.4 is 10.1 Å². The van der Waals surface area contributed by atoms with Crippen molar-refractivity contribution >= 4 is 11.6 Å². The SMILES string of the molecule is CC=CC(=O)Nc1ccc(OCC2CO2)cc1. The molecule has 0 spiro atoms. The van der Waals surface area contributed by atoms with Gasteiger partial charge in [-0.15, -0.1) is 0 Å². The zero-order valence-electron chi connectivity index (χ0n) is 9.68. The predicted molar refractivity (Wildman–Crippen MR) is 65.1 cm³/mol. The van der Waals surface area contributed by atoms with Crippen LogP contribution in [0.3, 0.4) is 0 Å². The number of hydrogen-bond donors (Lipinski definition) is 1. The van der Waals surface area contributed by atoms with Crippen LogP contribution in [0.25, 0.3) is 0 Å². The molecule has 1 saturated heterocycles. The van der Waals surface area contributed by atoms with Crippen molar-refractivity contribution in [3.05, 3.63) is 36.4 Å². The Bertz CT molecular complexity index is 407. The molecule has 90 valence electrons. The van der Waals surface area contributed by atoms with Crippen molar-refractivity contribution < 1.29 is 14.3 Å². The van der Waals surface area contributed by atoms with Crippen LogP contribution in [-0.2, 0) is 9.53 Å². The molecule has 1 atom stereocenters. The highest BCUT2D eigenvalue weighted by atomic mass is 16.6. The minimum Gasteiger partial charge on any atom is -0.491 e. The molecule has 1 aromatic rings. The summed E-state index contributed by atoms with van der Waals surface area (Å²) in [6.07, 6.45) is 3.43. The summed E-state index contributed by atoms with van der Waals surface area (Å²) in [6, 6.07) is 7.27. The van der Waals surface area contributed by atoms with E-state index in [9.17, 15) is 4.79 Å². The van der Waals surface area contributed by atoms with Crippen LogP contribution in [0.2, 0.25) is 0 Å². The minimum atomic E-state index is -0.132. The summed E-state index contributed by atoms with van der Waals surface area (Å²) in [6.45, 7) is 3.18. The van der Waals surface area contributed by atoms with Gasteiger partial charge in [-0.05, 0) is 37.3 Å². The number of ether oxygens (including phenoxy) is 2. The summed E-state index contributed by atoms with van der Waals surface area (Å²) in [4.78, 5) is 11.3. The van der Waals surface area contributed by atoms with Gasteiger partial charge in [0.1, 0.15) is 18.5 Å². The van der Waals surface area contributed by atoms with Crippen molar-refractivity contribution in [3.63, 3.8) is 0 Å². The quantitative estimate of drug-likeness (QED) is 0.625. The average Bonchev–Trinajstić information content (AvgIpc) is 3.12. The second-order valence-corrected chi connectivity index (χ2v) is 3.78. The number of allylic oxidation sites excluding steroid dienone is 1. The zero-order valence-corrected chi connectivity index (χ0v) is 9.68. The Morgan fingerprint density at radius 2 is 2.24 bits per heavy atom. The van der Waals surface area contributed by atoms with Crippen LogP contribution in [-0.4, -0.2) is 25.2 Å². The van der Waals surface area contributed by atoms with Gasteiger partial charge in [-0.25, -0.2) is 0 Å². The summed E-state index contributed by atoms with van der Waals surface area (Å²) in [5.74, 6) is 0.650. The van der Waals surface area contributed by atoms with Gasteiger partial charge >= 0.3 is 0 Å². The van der Waals surface area contributed by atoms with Crippen LogP contribution in [0.15, 0.2) is 36.4 Å². The van der Waals surface area contributed by atoms with Crippen LogP contribution in [0.1, 0.15) is 6.92 Å². The number of epoxide rings is 1. The molecule has 1 aliphatic heterocycles. The summed E-state index contributed by atoms with van der Waals surface area (Å²) in [5.41, 5.74) is 0.753. The highest BCUT2D eigenvalue weighted by Gasteiger charge is 2.22. The third-order valence-corrected chi connectivity index (χ3v) is 2.28. The second kappa shape index (κ2) is 5.50. The number of hydrogen-bond acceptors (Lipinski definition) is 3. The molecule has 4 nitrogen and oxygen atoms in total. The molecule has 17 heavy (non-hydrogen) atoms. The largest absolute Gasteiger partial charge is 0.491 e. The van der Waals surface area contributed by atoms with E-state index in [-0.39, 0.29) is 12.0 Å². The van der Waals surface area contributed by atoms with Gasteiger partial charge < -0.3 is 14.8 Å². The first-order chi connectivity index (χ1) is 8.28. The number of carbonyl (C=O) groups is 1. The van der Waals surface area contributed by atoms with Crippen molar-refractivity contribution in [3.8, 4) is 5.75 Å². The van der Waals surface area contributed by atoms with Crippen molar-refractivity contribution in [1.82, 2.24) is 0 Å². The van der Waals surface area contributed by atoms with E-state index < -0.39 is 0 Å².